The largest absolute Gasteiger partial charge is 0.484 e. The zero-order valence-electron chi connectivity index (χ0n) is 25.6. The number of alkyl halides is 1. The highest BCUT2D eigenvalue weighted by Gasteiger charge is 2.41. The van der Waals surface area contributed by atoms with E-state index in [1.807, 2.05) is 33.8 Å². The van der Waals surface area contributed by atoms with Crippen LogP contribution in [-0.4, -0.2) is 73.2 Å². The lowest BCUT2D eigenvalue weighted by atomic mass is 9.80. The van der Waals surface area contributed by atoms with Crippen LogP contribution in [-0.2, 0) is 4.74 Å². The van der Waals surface area contributed by atoms with E-state index in [1.54, 1.807) is 11.0 Å². The second kappa shape index (κ2) is 11.6. The zero-order chi connectivity index (χ0) is 31.3. The van der Waals surface area contributed by atoms with E-state index in [1.165, 1.54) is 12.4 Å². The Morgan fingerprint density at radius 3 is 2.41 bits per heavy atom. The van der Waals surface area contributed by atoms with E-state index in [2.05, 4.69) is 20.0 Å². The molecule has 0 atom stereocenters. The molecule has 1 saturated carbocycles. The first-order chi connectivity index (χ1) is 20.8. The molecule has 4 heterocycles. The smallest absolute Gasteiger partial charge is 0.410 e. The summed E-state index contributed by atoms with van der Waals surface area (Å²) in [5.41, 5.74) is -1.06. The summed E-state index contributed by atoms with van der Waals surface area (Å²) in [6.45, 7) is 9.55. The summed E-state index contributed by atoms with van der Waals surface area (Å²) >= 11 is -0.108. The third kappa shape index (κ3) is 6.72. The molecule has 1 aliphatic carbocycles. The summed E-state index contributed by atoms with van der Waals surface area (Å²) in [7, 11) is 0. The highest BCUT2D eigenvalue weighted by Crippen LogP contribution is 2.43. The number of aromatic nitrogens is 4. The van der Waals surface area contributed by atoms with Crippen LogP contribution in [0, 0.1) is 11.7 Å². The average molecular weight is 633 g/mol. The maximum atomic E-state index is 15.8. The fraction of sp³-hybridized carbons (Fsp3) is 0.613. The number of fused-ring (bicyclic) bond motifs is 1. The molecule has 1 aromatic carbocycles. The van der Waals surface area contributed by atoms with Crippen molar-refractivity contribution in [3.8, 4) is 17.1 Å². The molecule has 0 N–H and O–H groups in total. The highest BCUT2D eigenvalue weighted by molar-refractivity contribution is 7.92. The fourth-order valence-electron chi connectivity index (χ4n) is 6.11. The number of carbonyl (C=O) groups excluding carboxylic acids is 1. The van der Waals surface area contributed by atoms with Crippen molar-refractivity contribution >= 4 is 35.1 Å². The van der Waals surface area contributed by atoms with E-state index >= 15 is 4.39 Å². The summed E-state index contributed by atoms with van der Waals surface area (Å²) in [6.07, 6.45) is 5.50. The number of rotatable bonds is 7. The van der Waals surface area contributed by atoms with E-state index in [0.29, 0.717) is 68.0 Å². The number of nitrogens with zero attached hydrogens (tertiary/aromatic N) is 6. The number of anilines is 1. The minimum Gasteiger partial charge on any atom is -0.484 e. The highest BCUT2D eigenvalue weighted by atomic mass is 32.2. The Kier molecular flexibility index (Phi) is 8.13. The third-order valence-electron chi connectivity index (χ3n) is 8.88. The Labute approximate surface area is 259 Å². The van der Waals surface area contributed by atoms with Crippen molar-refractivity contribution in [1.29, 1.82) is 0 Å². The predicted octanol–water partition coefficient (Wildman–Crippen LogP) is 7.29. The molecule has 13 heteroatoms. The molecule has 6 rings (SSSR count). The van der Waals surface area contributed by atoms with Crippen molar-refractivity contribution in [2.24, 2.45) is 5.92 Å². The molecule has 2 aliphatic heterocycles. The van der Waals surface area contributed by atoms with Gasteiger partial charge in [-0.15, -0.1) is 3.89 Å². The van der Waals surface area contributed by atoms with Crippen LogP contribution < -0.4 is 9.64 Å². The molecular formula is C31H39F3N6O3S. The van der Waals surface area contributed by atoms with Crippen LogP contribution in [0.4, 0.5) is 23.3 Å². The monoisotopic (exact) mass is 632 g/mol. The lowest BCUT2D eigenvalue weighted by Gasteiger charge is -2.40. The molecule has 44 heavy (non-hydrogen) atoms. The number of halogens is 3. The van der Waals surface area contributed by atoms with Gasteiger partial charge in [0.05, 0.1) is 11.2 Å². The molecule has 2 aromatic heterocycles. The SMILES string of the molecule is CC(C)(C)OC(=O)N1CCC(F)(CC2CCN(c3cc(-c4nn(SF)c5cc(F)c(OC6(C)CC6)cc45)ncn3)CC2)CC1. The van der Waals surface area contributed by atoms with Gasteiger partial charge in [-0.25, -0.2) is 23.5 Å². The number of carbonyl (C=O) groups is 1. The van der Waals surface area contributed by atoms with Gasteiger partial charge < -0.3 is 19.3 Å². The Morgan fingerprint density at radius 1 is 1.07 bits per heavy atom. The standard InChI is InChI=1S/C31H39F3N6O3S/c1-29(2,3)43-28(41)39-13-9-31(33,10-14-39)18-20-5-11-38(12-6-20)26-17-23(35-19-36-26)27-21-15-25(42-30(4)7-8-30)22(32)16-24(21)40(37-27)44-34/h15-17,19-20H,5-14,18H2,1-4H3. The molecule has 1 amide bonds. The van der Waals surface area contributed by atoms with Crippen molar-refractivity contribution in [2.75, 3.05) is 31.1 Å². The van der Waals surface area contributed by atoms with E-state index in [0.717, 1.165) is 29.8 Å². The Bertz CT molecular complexity index is 1530. The molecule has 2 saturated heterocycles. The van der Waals surface area contributed by atoms with E-state index in [-0.39, 0.29) is 41.2 Å². The molecule has 3 aromatic rings. The number of likely N-dealkylation sites (tertiary alicyclic amines) is 1. The molecule has 0 bridgehead atoms. The summed E-state index contributed by atoms with van der Waals surface area (Å²) in [5, 5.41) is 4.91. The first-order valence-corrected chi connectivity index (χ1v) is 16.0. The number of piperidine rings is 2. The molecule has 0 spiro atoms. The van der Waals surface area contributed by atoms with Gasteiger partial charge in [-0.3, -0.25) is 0 Å². The van der Waals surface area contributed by atoms with Gasteiger partial charge in [-0.05, 0) is 84.6 Å². The van der Waals surface area contributed by atoms with Gasteiger partial charge in [0.2, 0.25) is 0 Å². The van der Waals surface area contributed by atoms with Gasteiger partial charge in [-0.2, -0.15) is 9.19 Å². The number of amides is 1. The Hall–Kier alpha value is -3.22. The van der Waals surface area contributed by atoms with E-state index in [4.69, 9.17) is 9.47 Å². The normalized spacial score (nSPS) is 20.2. The first kappa shape index (κ1) is 30.8. The lowest BCUT2D eigenvalue weighted by Crippen LogP contribution is -2.47. The summed E-state index contributed by atoms with van der Waals surface area (Å²) < 4.78 is 56.8. The minimum atomic E-state index is -1.29. The number of hydrogen-bond acceptors (Lipinski definition) is 8. The van der Waals surface area contributed by atoms with E-state index < -0.39 is 17.1 Å². The summed E-state index contributed by atoms with van der Waals surface area (Å²) in [5.74, 6) is 0.476. The van der Waals surface area contributed by atoms with Crippen molar-refractivity contribution in [1.82, 2.24) is 24.1 Å². The van der Waals surface area contributed by atoms with Crippen molar-refractivity contribution < 1.29 is 26.9 Å². The van der Waals surface area contributed by atoms with Gasteiger partial charge >= 0.3 is 6.09 Å². The van der Waals surface area contributed by atoms with Crippen molar-refractivity contribution in [3.05, 3.63) is 30.3 Å². The number of ether oxygens (including phenoxy) is 2. The van der Waals surface area contributed by atoms with Crippen LogP contribution in [0.1, 0.15) is 72.6 Å². The molecule has 238 valence electrons. The predicted molar refractivity (Wildman–Crippen MR) is 164 cm³/mol. The van der Waals surface area contributed by atoms with Crippen molar-refractivity contribution in [2.45, 2.75) is 89.5 Å². The van der Waals surface area contributed by atoms with Gasteiger partial charge in [0, 0.05) is 43.7 Å². The molecule has 9 nitrogen and oxygen atoms in total. The van der Waals surface area contributed by atoms with Crippen LogP contribution in [0.3, 0.4) is 0 Å². The zero-order valence-corrected chi connectivity index (χ0v) is 26.4. The second-order valence-corrected chi connectivity index (χ2v) is 14.1. The number of hydrogen-bond donors (Lipinski definition) is 0. The van der Waals surface area contributed by atoms with Gasteiger partial charge in [-0.1, -0.05) is 0 Å². The van der Waals surface area contributed by atoms with Crippen molar-refractivity contribution in [3.63, 3.8) is 0 Å². The van der Waals surface area contributed by atoms with Gasteiger partial charge in [0.15, 0.2) is 23.9 Å². The van der Waals surface area contributed by atoms with Gasteiger partial charge in [0.25, 0.3) is 0 Å². The number of benzene rings is 1. The Balaban J connectivity index is 1.11. The van der Waals surface area contributed by atoms with Crippen LogP contribution in [0.5, 0.6) is 5.75 Å². The maximum Gasteiger partial charge on any atom is 0.410 e. The van der Waals surface area contributed by atoms with Crippen LogP contribution >= 0.6 is 12.3 Å². The first-order valence-electron chi connectivity index (χ1n) is 15.3. The minimum absolute atomic E-state index is 0.108. The fourth-order valence-corrected chi connectivity index (χ4v) is 6.44. The molecule has 3 aliphatic rings. The topological polar surface area (TPSA) is 85.6 Å². The summed E-state index contributed by atoms with van der Waals surface area (Å²) in [6, 6.07) is 4.62. The maximum absolute atomic E-state index is 15.8. The molecule has 3 fully saturated rings. The molecule has 0 unspecified atom stereocenters. The second-order valence-electron chi connectivity index (χ2n) is 13.7. The molecular weight excluding hydrogens is 593 g/mol. The quantitative estimate of drug-likeness (QED) is 0.269. The van der Waals surface area contributed by atoms with Crippen LogP contribution in [0.25, 0.3) is 22.3 Å². The van der Waals surface area contributed by atoms with Crippen LogP contribution in [0.2, 0.25) is 0 Å². The van der Waals surface area contributed by atoms with Gasteiger partial charge in [0.1, 0.15) is 34.7 Å². The lowest BCUT2D eigenvalue weighted by molar-refractivity contribution is -0.00334. The van der Waals surface area contributed by atoms with Crippen LogP contribution in [0.15, 0.2) is 24.5 Å². The summed E-state index contributed by atoms with van der Waals surface area (Å²) in [4.78, 5) is 25.0. The van der Waals surface area contributed by atoms with E-state index in [9.17, 15) is 13.1 Å². The Morgan fingerprint density at radius 2 is 1.77 bits per heavy atom. The third-order valence-corrected chi connectivity index (χ3v) is 9.29. The molecule has 0 radical (unpaired) electrons. The average Bonchev–Trinajstić information content (AvgIpc) is 3.60.